The van der Waals surface area contributed by atoms with Crippen molar-refractivity contribution in [2.45, 2.75) is 194 Å². The van der Waals surface area contributed by atoms with E-state index in [-0.39, 0.29) is 38.9 Å². The highest BCUT2D eigenvalue weighted by Gasteiger charge is 2.55. The Morgan fingerprint density at radius 1 is 0.900 bits per heavy atom. The minimum absolute atomic E-state index is 0.0598. The first-order valence-electron chi connectivity index (χ1n) is 20.2. The third-order valence-electron chi connectivity index (χ3n) is 14.5. The molecule has 4 aliphatic rings. The molecule has 4 fully saturated rings. The number of hydrogen-bond donors (Lipinski definition) is 1. The average molecular weight is 725 g/mol. The summed E-state index contributed by atoms with van der Waals surface area (Å²) >= 11 is 0. The predicted molar refractivity (Wildman–Crippen MR) is 217 cm³/mol. The molecule has 6 heteroatoms. The highest BCUT2D eigenvalue weighted by molar-refractivity contribution is 6.74. The maximum atomic E-state index is 12.9. The van der Waals surface area contributed by atoms with Gasteiger partial charge in [0.1, 0.15) is 0 Å². The molecule has 284 valence electrons. The van der Waals surface area contributed by atoms with E-state index in [1.54, 1.807) is 11.6 Å². The van der Waals surface area contributed by atoms with Gasteiger partial charge in [-0.15, -0.1) is 0 Å². The van der Waals surface area contributed by atoms with Crippen LogP contribution >= 0.6 is 0 Å². The van der Waals surface area contributed by atoms with E-state index in [1.807, 2.05) is 19.1 Å². The molecular formula is C44H76O4Si2. The highest BCUT2D eigenvalue weighted by Crippen LogP contribution is 2.62. The second-order valence-corrected chi connectivity index (χ2v) is 30.2. The zero-order chi connectivity index (χ0) is 37.6. The molecule has 4 rings (SSSR count). The molecule has 4 saturated carbocycles. The molecule has 0 aromatic carbocycles. The lowest BCUT2D eigenvalue weighted by Gasteiger charge is -2.47. The lowest BCUT2D eigenvalue weighted by atomic mass is 9.57. The van der Waals surface area contributed by atoms with Crippen LogP contribution in [0.3, 0.4) is 0 Å². The van der Waals surface area contributed by atoms with E-state index in [2.05, 4.69) is 107 Å². The molecule has 0 spiro atoms. The molecule has 0 aliphatic heterocycles. The number of aliphatic hydroxyl groups excluding tert-OH is 1. The Hall–Kier alpha value is -1.06. The largest absolute Gasteiger partial charge is 0.414 e. The highest BCUT2D eigenvalue weighted by atomic mass is 28.4. The number of hydrogen-bond acceptors (Lipinski definition) is 4. The summed E-state index contributed by atoms with van der Waals surface area (Å²) in [6, 6.07) is 0. The number of carbonyl (C=O) groups is 1. The number of rotatable bonds is 12. The number of aliphatic hydroxyl groups is 1. The van der Waals surface area contributed by atoms with Gasteiger partial charge in [-0.1, -0.05) is 111 Å². The van der Waals surface area contributed by atoms with Crippen LogP contribution in [0.5, 0.6) is 0 Å². The Morgan fingerprint density at radius 3 is 1.96 bits per heavy atom. The van der Waals surface area contributed by atoms with Gasteiger partial charge < -0.3 is 14.0 Å². The number of allylic oxidation sites excluding steroid dienone is 6. The summed E-state index contributed by atoms with van der Waals surface area (Å²) in [6.45, 7) is 32.9. The standard InChI is InChI=1S/C44H76O4Si2/c1-15-16-19-38(45)44(27-28-44)39(46)24-26-42(8,9)37-23-22-36-33(18-17-25-43(36,37)10)21-20-32-29-34(47-49(11,12)40(2,3)4)31-35(30-32)48-50(13,14)41(5,6)7/h16,19-21,24,26,34-37,39,46H,15,17-18,22-23,25,27-31H2,1-14H3/t34-,35-,36+,37-,39?,43+/m1/s1. The van der Waals surface area contributed by atoms with Gasteiger partial charge >= 0.3 is 0 Å². The van der Waals surface area contributed by atoms with Crippen LogP contribution in [-0.4, -0.2) is 45.8 Å². The predicted octanol–water partition coefficient (Wildman–Crippen LogP) is 12.3. The summed E-state index contributed by atoms with van der Waals surface area (Å²) in [5.41, 5.74) is 2.69. The van der Waals surface area contributed by atoms with Crippen LogP contribution in [0.4, 0.5) is 0 Å². The summed E-state index contributed by atoms with van der Waals surface area (Å²) in [5, 5.41) is 11.6. The van der Waals surface area contributed by atoms with Crippen LogP contribution < -0.4 is 0 Å². The van der Waals surface area contributed by atoms with Crippen molar-refractivity contribution in [3.63, 3.8) is 0 Å². The fourth-order valence-electron chi connectivity index (χ4n) is 9.17. The molecule has 0 bridgehead atoms. The fourth-order valence-corrected chi connectivity index (χ4v) is 11.9. The lowest BCUT2D eigenvalue weighted by molar-refractivity contribution is -0.122. The minimum Gasteiger partial charge on any atom is -0.414 e. The van der Waals surface area contributed by atoms with Gasteiger partial charge in [0.25, 0.3) is 0 Å². The first kappa shape index (κ1) is 41.7. The summed E-state index contributed by atoms with van der Waals surface area (Å²) < 4.78 is 14.2. The van der Waals surface area contributed by atoms with E-state index in [1.165, 1.54) is 37.7 Å². The van der Waals surface area contributed by atoms with E-state index in [4.69, 9.17) is 8.85 Å². The van der Waals surface area contributed by atoms with Crippen molar-refractivity contribution in [2.75, 3.05) is 0 Å². The van der Waals surface area contributed by atoms with Crippen LogP contribution in [0.25, 0.3) is 0 Å². The van der Waals surface area contributed by atoms with Crippen LogP contribution in [0.15, 0.2) is 47.6 Å². The smallest absolute Gasteiger partial charge is 0.192 e. The molecule has 6 atom stereocenters. The SMILES string of the molecule is CCC=CC(=O)C1(C(O)C=CC(C)(C)[C@H]2CC[C@H]3C(=CC=C4C[C@@H](O[Si](C)(C)C(C)(C)C)C[C@H](O[Si](C)(C)C(C)(C)C)C4)CCC[C@]23C)CC1. The monoisotopic (exact) mass is 725 g/mol. The Kier molecular flexibility index (Phi) is 12.5. The Morgan fingerprint density at radius 2 is 1.46 bits per heavy atom. The zero-order valence-electron chi connectivity index (χ0n) is 34.8. The molecular weight excluding hydrogens is 649 g/mol. The van der Waals surface area contributed by atoms with E-state index >= 15 is 0 Å². The molecule has 50 heavy (non-hydrogen) atoms. The second-order valence-electron chi connectivity index (χ2n) is 20.7. The molecule has 0 amide bonds. The number of carbonyl (C=O) groups excluding carboxylic acids is 1. The topological polar surface area (TPSA) is 55.8 Å². The van der Waals surface area contributed by atoms with Crippen molar-refractivity contribution in [2.24, 2.45) is 28.1 Å². The molecule has 0 saturated heterocycles. The fraction of sp³-hybridized carbons (Fsp3) is 0.795. The van der Waals surface area contributed by atoms with Gasteiger partial charge in [0, 0.05) is 0 Å². The first-order chi connectivity index (χ1) is 22.9. The van der Waals surface area contributed by atoms with Gasteiger partial charge in [0.2, 0.25) is 0 Å². The second kappa shape index (κ2) is 15.0. The average Bonchev–Trinajstić information content (AvgIpc) is 3.71. The van der Waals surface area contributed by atoms with Crippen LogP contribution in [0.1, 0.15) is 140 Å². The van der Waals surface area contributed by atoms with Crippen molar-refractivity contribution in [1.29, 1.82) is 0 Å². The van der Waals surface area contributed by atoms with Gasteiger partial charge in [-0.25, -0.2) is 0 Å². The maximum absolute atomic E-state index is 12.9. The summed E-state index contributed by atoms with van der Waals surface area (Å²) in [7, 11) is -3.83. The molecule has 0 aromatic rings. The molecule has 4 nitrogen and oxygen atoms in total. The van der Waals surface area contributed by atoms with Crippen LogP contribution in [0, 0.1) is 28.1 Å². The van der Waals surface area contributed by atoms with E-state index in [9.17, 15) is 9.90 Å². The van der Waals surface area contributed by atoms with Crippen molar-refractivity contribution in [3.8, 4) is 0 Å². The van der Waals surface area contributed by atoms with E-state index < -0.39 is 28.2 Å². The van der Waals surface area contributed by atoms with Gasteiger partial charge in [0.05, 0.1) is 23.7 Å². The third kappa shape index (κ3) is 9.00. The Bertz CT molecular complexity index is 1290. The van der Waals surface area contributed by atoms with Crippen molar-refractivity contribution < 1.29 is 18.8 Å². The molecule has 0 radical (unpaired) electrons. The van der Waals surface area contributed by atoms with Crippen molar-refractivity contribution in [3.05, 3.63) is 47.6 Å². The van der Waals surface area contributed by atoms with Crippen LogP contribution in [0.2, 0.25) is 36.3 Å². The maximum Gasteiger partial charge on any atom is 0.192 e. The van der Waals surface area contributed by atoms with Crippen molar-refractivity contribution in [1.82, 2.24) is 0 Å². The molecule has 1 N–H and O–H groups in total. The molecule has 0 heterocycles. The van der Waals surface area contributed by atoms with Gasteiger partial charge in [-0.3, -0.25) is 4.79 Å². The summed E-state index contributed by atoms with van der Waals surface area (Å²) in [4.78, 5) is 12.9. The number of ketones is 1. The zero-order valence-corrected chi connectivity index (χ0v) is 36.8. The third-order valence-corrected chi connectivity index (χ3v) is 23.6. The minimum atomic E-state index is -1.92. The summed E-state index contributed by atoms with van der Waals surface area (Å²) in [5.74, 6) is 1.21. The van der Waals surface area contributed by atoms with E-state index in [0.29, 0.717) is 11.8 Å². The van der Waals surface area contributed by atoms with Gasteiger partial charge in [0.15, 0.2) is 22.4 Å². The quantitative estimate of drug-likeness (QED) is 0.124. The molecule has 4 aliphatic carbocycles. The summed E-state index contributed by atoms with van der Waals surface area (Å²) in [6.07, 6.45) is 24.1. The Balaban J connectivity index is 1.54. The lowest BCUT2D eigenvalue weighted by Crippen LogP contribution is -2.48. The van der Waals surface area contributed by atoms with Gasteiger partial charge in [-0.2, -0.15) is 0 Å². The first-order valence-corrected chi connectivity index (χ1v) is 26.0. The normalized spacial score (nSPS) is 31.0. The molecule has 1 unspecified atom stereocenters. The van der Waals surface area contributed by atoms with E-state index in [0.717, 1.165) is 38.5 Å². The Labute approximate surface area is 310 Å². The molecule has 0 aromatic heterocycles. The van der Waals surface area contributed by atoms with Crippen LogP contribution in [-0.2, 0) is 13.6 Å². The van der Waals surface area contributed by atoms with Gasteiger partial charge in [-0.05, 0) is 136 Å². The number of fused-ring (bicyclic) bond motifs is 1. The van der Waals surface area contributed by atoms with Crippen molar-refractivity contribution >= 4 is 22.4 Å².